The van der Waals surface area contributed by atoms with E-state index in [1.165, 1.54) is 12.1 Å². The number of rotatable bonds is 3. The highest BCUT2D eigenvalue weighted by molar-refractivity contribution is 14.0. The zero-order valence-electron chi connectivity index (χ0n) is 15.1. The molecule has 2 rings (SSSR count). The van der Waals surface area contributed by atoms with E-state index in [2.05, 4.69) is 27.1 Å². The molecule has 0 amide bonds. The molecule has 27 heavy (non-hydrogen) atoms. The molecule has 2 aromatic rings. The average Bonchev–Trinajstić information content (AvgIpc) is 2.99. The standard InChI is InChI=1S/C18H19F3N4S.HI/c1-13-24-16(12-26-13)11-25(3)17(22-2)23-10-4-5-14-6-8-15(9-7-14)18(19,20)21;/h6-9,12H,10-11H2,1-3H3,(H,22,23);1H. The Kier molecular flexibility index (Phi) is 9.05. The van der Waals surface area contributed by atoms with Crippen molar-refractivity contribution in [1.29, 1.82) is 0 Å². The Morgan fingerprint density at radius 2 is 1.96 bits per heavy atom. The molecule has 0 saturated carbocycles. The molecule has 0 bridgehead atoms. The summed E-state index contributed by atoms with van der Waals surface area (Å²) in [5, 5.41) is 6.12. The molecule has 0 aliphatic heterocycles. The molecule has 1 aromatic heterocycles. The first kappa shape index (κ1) is 23.2. The van der Waals surface area contributed by atoms with E-state index >= 15 is 0 Å². The Labute approximate surface area is 177 Å². The molecule has 0 atom stereocenters. The summed E-state index contributed by atoms with van der Waals surface area (Å²) >= 11 is 1.60. The van der Waals surface area contributed by atoms with Gasteiger partial charge in [-0.2, -0.15) is 13.2 Å². The molecule has 1 aromatic carbocycles. The molecule has 9 heteroatoms. The molecule has 0 aliphatic rings. The van der Waals surface area contributed by atoms with Crippen molar-refractivity contribution in [2.24, 2.45) is 4.99 Å². The lowest BCUT2D eigenvalue weighted by Crippen LogP contribution is -2.38. The SMILES string of the molecule is CN=C(NCC#Cc1ccc(C(F)(F)F)cc1)N(C)Cc1csc(C)n1.I. The Morgan fingerprint density at radius 3 is 2.48 bits per heavy atom. The monoisotopic (exact) mass is 508 g/mol. The lowest BCUT2D eigenvalue weighted by atomic mass is 10.1. The normalized spacial score (nSPS) is 11.3. The molecule has 0 radical (unpaired) electrons. The van der Waals surface area contributed by atoms with Crippen molar-refractivity contribution in [3.63, 3.8) is 0 Å². The minimum atomic E-state index is -4.33. The lowest BCUT2D eigenvalue weighted by molar-refractivity contribution is -0.137. The topological polar surface area (TPSA) is 40.5 Å². The van der Waals surface area contributed by atoms with Gasteiger partial charge in [-0.05, 0) is 31.2 Å². The van der Waals surface area contributed by atoms with Crippen LogP contribution in [-0.2, 0) is 12.7 Å². The van der Waals surface area contributed by atoms with Gasteiger partial charge in [-0.1, -0.05) is 11.8 Å². The number of halogens is 4. The predicted octanol–water partition coefficient (Wildman–Crippen LogP) is 4.15. The van der Waals surface area contributed by atoms with E-state index in [1.807, 2.05) is 24.3 Å². The third kappa shape index (κ3) is 7.38. The fourth-order valence-electron chi connectivity index (χ4n) is 2.20. The summed E-state index contributed by atoms with van der Waals surface area (Å²) in [4.78, 5) is 10.5. The van der Waals surface area contributed by atoms with Gasteiger partial charge in [0.1, 0.15) is 0 Å². The third-order valence-electron chi connectivity index (χ3n) is 3.42. The first-order chi connectivity index (χ1) is 12.3. The minimum absolute atomic E-state index is 0. The first-order valence-corrected chi connectivity index (χ1v) is 8.66. The van der Waals surface area contributed by atoms with E-state index < -0.39 is 11.7 Å². The maximum Gasteiger partial charge on any atom is 0.416 e. The number of hydrogen-bond acceptors (Lipinski definition) is 3. The fraction of sp³-hybridized carbons (Fsp3) is 0.333. The van der Waals surface area contributed by atoms with Gasteiger partial charge in [0, 0.05) is 25.0 Å². The van der Waals surface area contributed by atoms with Crippen molar-refractivity contribution in [2.75, 3.05) is 20.6 Å². The maximum atomic E-state index is 12.5. The molecular weight excluding hydrogens is 488 g/mol. The van der Waals surface area contributed by atoms with Gasteiger partial charge < -0.3 is 10.2 Å². The molecule has 146 valence electrons. The second-order valence-electron chi connectivity index (χ2n) is 5.49. The van der Waals surface area contributed by atoms with E-state index in [4.69, 9.17) is 0 Å². The van der Waals surface area contributed by atoms with Crippen LogP contribution in [0.15, 0.2) is 34.6 Å². The van der Waals surface area contributed by atoms with Crippen LogP contribution in [0.5, 0.6) is 0 Å². The van der Waals surface area contributed by atoms with Gasteiger partial charge in [-0.3, -0.25) is 4.99 Å². The summed E-state index contributed by atoms with van der Waals surface area (Å²) in [6, 6.07) is 4.78. The van der Waals surface area contributed by atoms with Crippen molar-refractivity contribution in [3.8, 4) is 11.8 Å². The van der Waals surface area contributed by atoms with E-state index in [9.17, 15) is 13.2 Å². The number of alkyl halides is 3. The quantitative estimate of drug-likeness (QED) is 0.293. The number of benzene rings is 1. The van der Waals surface area contributed by atoms with E-state index in [0.717, 1.165) is 22.8 Å². The molecule has 4 nitrogen and oxygen atoms in total. The highest BCUT2D eigenvalue weighted by atomic mass is 127. The van der Waals surface area contributed by atoms with Crippen LogP contribution in [0, 0.1) is 18.8 Å². The van der Waals surface area contributed by atoms with Gasteiger partial charge in [0.25, 0.3) is 0 Å². The Balaban J connectivity index is 0.00000364. The predicted molar refractivity (Wildman–Crippen MR) is 113 cm³/mol. The Bertz CT molecular complexity index is 820. The summed E-state index contributed by atoms with van der Waals surface area (Å²) in [5.74, 6) is 6.38. The Hall–Kier alpha value is -1.80. The number of aryl methyl sites for hydroxylation is 1. The molecule has 0 unspecified atom stereocenters. The number of thiazole rings is 1. The summed E-state index contributed by atoms with van der Waals surface area (Å²) in [6.45, 7) is 2.91. The van der Waals surface area contributed by atoms with Crippen molar-refractivity contribution in [1.82, 2.24) is 15.2 Å². The fourth-order valence-corrected chi connectivity index (χ4v) is 2.80. The number of guanidine groups is 1. The highest BCUT2D eigenvalue weighted by Gasteiger charge is 2.29. The van der Waals surface area contributed by atoms with Gasteiger partial charge >= 0.3 is 6.18 Å². The van der Waals surface area contributed by atoms with Gasteiger partial charge in [-0.25, -0.2) is 4.98 Å². The lowest BCUT2D eigenvalue weighted by Gasteiger charge is -2.20. The molecule has 0 fully saturated rings. The number of aromatic nitrogens is 1. The van der Waals surface area contributed by atoms with E-state index in [-0.39, 0.29) is 24.0 Å². The molecular formula is C18H20F3IN4S. The van der Waals surface area contributed by atoms with Gasteiger partial charge in [0.05, 0.1) is 29.4 Å². The van der Waals surface area contributed by atoms with Crippen molar-refractivity contribution in [2.45, 2.75) is 19.6 Å². The average molecular weight is 508 g/mol. The van der Waals surface area contributed by atoms with Gasteiger partial charge in [-0.15, -0.1) is 35.3 Å². The molecule has 1 N–H and O–H groups in total. The maximum absolute atomic E-state index is 12.5. The van der Waals surface area contributed by atoms with Crippen LogP contribution in [0.1, 0.15) is 21.8 Å². The van der Waals surface area contributed by atoms with Gasteiger partial charge in [0.15, 0.2) is 5.96 Å². The van der Waals surface area contributed by atoms with Crippen LogP contribution in [0.4, 0.5) is 13.2 Å². The van der Waals surface area contributed by atoms with E-state index in [1.54, 1.807) is 18.4 Å². The van der Waals surface area contributed by atoms with E-state index in [0.29, 0.717) is 24.6 Å². The summed E-state index contributed by atoms with van der Waals surface area (Å²) < 4.78 is 37.6. The highest BCUT2D eigenvalue weighted by Crippen LogP contribution is 2.28. The second kappa shape index (κ2) is 10.5. The minimum Gasteiger partial charge on any atom is -0.345 e. The zero-order chi connectivity index (χ0) is 19.2. The first-order valence-electron chi connectivity index (χ1n) is 7.78. The van der Waals surface area contributed by atoms with Crippen LogP contribution in [0.25, 0.3) is 0 Å². The number of nitrogens with one attached hydrogen (secondary N) is 1. The van der Waals surface area contributed by atoms with Crippen LogP contribution in [0.2, 0.25) is 0 Å². The number of nitrogens with zero attached hydrogens (tertiary/aromatic N) is 3. The van der Waals surface area contributed by atoms with Crippen molar-refractivity contribution >= 4 is 41.3 Å². The molecule has 0 saturated heterocycles. The summed E-state index contributed by atoms with van der Waals surface area (Å²) in [7, 11) is 3.57. The van der Waals surface area contributed by atoms with Crippen molar-refractivity contribution < 1.29 is 13.2 Å². The summed E-state index contributed by atoms with van der Waals surface area (Å²) in [5.41, 5.74) is 0.815. The molecule has 0 aliphatic carbocycles. The third-order valence-corrected chi connectivity index (χ3v) is 4.24. The van der Waals surface area contributed by atoms with Crippen LogP contribution in [-0.4, -0.2) is 36.5 Å². The largest absolute Gasteiger partial charge is 0.416 e. The van der Waals surface area contributed by atoms with Crippen molar-refractivity contribution in [3.05, 3.63) is 51.5 Å². The molecule has 1 heterocycles. The van der Waals surface area contributed by atoms with Crippen LogP contribution in [0.3, 0.4) is 0 Å². The Morgan fingerprint density at radius 1 is 1.30 bits per heavy atom. The second-order valence-corrected chi connectivity index (χ2v) is 6.55. The van der Waals surface area contributed by atoms with Gasteiger partial charge in [0.2, 0.25) is 0 Å². The number of aliphatic imine (C=N–C) groups is 1. The van der Waals surface area contributed by atoms with Crippen LogP contribution >= 0.6 is 35.3 Å². The molecule has 0 spiro atoms. The smallest absolute Gasteiger partial charge is 0.345 e. The van der Waals surface area contributed by atoms with Crippen LogP contribution < -0.4 is 5.32 Å². The zero-order valence-corrected chi connectivity index (χ0v) is 18.2. The summed E-state index contributed by atoms with van der Waals surface area (Å²) in [6.07, 6.45) is -4.33. The number of hydrogen-bond donors (Lipinski definition) is 1.